The summed E-state index contributed by atoms with van der Waals surface area (Å²) in [6, 6.07) is 19.0. The molecule has 1 amide bonds. The zero-order chi connectivity index (χ0) is 23.2. The Balaban J connectivity index is 1.39. The average molecular weight is 499 g/mol. The number of fused-ring (bicyclic) bond motifs is 1. The molecule has 0 aliphatic rings. The number of nitro benzene ring substituents is 1. The fraction of sp³-hybridized carbons (Fsp3) is 0.0455. The molecule has 11 heteroatoms. The van der Waals surface area contributed by atoms with Gasteiger partial charge in [0, 0.05) is 16.7 Å². The number of ether oxygens (including phenoxy) is 1. The Labute approximate surface area is 201 Å². The highest BCUT2D eigenvalue weighted by molar-refractivity contribution is 8.01. The topological polar surface area (TPSA) is 107 Å². The largest absolute Gasteiger partial charge is 0.484 e. The van der Waals surface area contributed by atoms with E-state index in [0.29, 0.717) is 25.6 Å². The molecule has 8 nitrogen and oxygen atoms in total. The first kappa shape index (κ1) is 22.7. The van der Waals surface area contributed by atoms with Crippen molar-refractivity contribution in [1.29, 1.82) is 0 Å². The quantitative estimate of drug-likeness (QED) is 0.194. The first-order valence-electron chi connectivity index (χ1n) is 9.50. The highest BCUT2D eigenvalue weighted by atomic mass is 35.5. The van der Waals surface area contributed by atoms with Gasteiger partial charge in [-0.15, -0.1) is 11.3 Å². The lowest BCUT2D eigenvalue weighted by Gasteiger charge is -2.05. The second-order valence-electron chi connectivity index (χ2n) is 6.57. The minimum atomic E-state index is -0.473. The van der Waals surface area contributed by atoms with Crippen LogP contribution in [0.15, 0.2) is 81.1 Å². The molecule has 0 unspecified atom stereocenters. The molecule has 0 saturated carbocycles. The van der Waals surface area contributed by atoms with Gasteiger partial charge in [0.05, 0.1) is 26.3 Å². The number of carbonyl (C=O) groups is 1. The van der Waals surface area contributed by atoms with Gasteiger partial charge in [-0.25, -0.2) is 10.4 Å². The summed E-state index contributed by atoms with van der Waals surface area (Å²) >= 11 is 8.51. The minimum Gasteiger partial charge on any atom is -0.484 e. The summed E-state index contributed by atoms with van der Waals surface area (Å²) in [4.78, 5) is 28.0. The highest BCUT2D eigenvalue weighted by Gasteiger charge is 2.17. The molecule has 0 radical (unpaired) electrons. The molecule has 1 N–H and O–H groups in total. The van der Waals surface area contributed by atoms with Crippen molar-refractivity contribution in [3.63, 3.8) is 0 Å². The van der Waals surface area contributed by atoms with Crippen LogP contribution < -0.4 is 10.2 Å². The van der Waals surface area contributed by atoms with Gasteiger partial charge >= 0.3 is 0 Å². The number of hydrazone groups is 1. The molecule has 1 heterocycles. The predicted molar refractivity (Wildman–Crippen MR) is 130 cm³/mol. The van der Waals surface area contributed by atoms with E-state index in [1.54, 1.807) is 36.4 Å². The first-order valence-corrected chi connectivity index (χ1v) is 11.5. The van der Waals surface area contributed by atoms with Crippen LogP contribution in [0.25, 0.3) is 10.2 Å². The van der Waals surface area contributed by atoms with Crippen molar-refractivity contribution in [2.45, 2.75) is 9.24 Å². The molecule has 33 heavy (non-hydrogen) atoms. The van der Waals surface area contributed by atoms with Crippen LogP contribution in [0, 0.1) is 10.1 Å². The lowest BCUT2D eigenvalue weighted by atomic mass is 10.2. The predicted octanol–water partition coefficient (Wildman–Crippen LogP) is 5.54. The van der Waals surface area contributed by atoms with Gasteiger partial charge in [0.25, 0.3) is 11.6 Å². The Bertz CT molecular complexity index is 1310. The van der Waals surface area contributed by atoms with E-state index in [1.165, 1.54) is 35.4 Å². The number of hydrogen-bond acceptors (Lipinski definition) is 8. The molecule has 0 spiro atoms. The van der Waals surface area contributed by atoms with Gasteiger partial charge in [0.2, 0.25) is 0 Å². The number of benzene rings is 3. The number of halogens is 1. The molecular weight excluding hydrogens is 484 g/mol. The maximum atomic E-state index is 11.9. The zero-order valence-electron chi connectivity index (χ0n) is 16.8. The number of aromatic nitrogens is 1. The number of rotatable bonds is 8. The number of thiazole rings is 1. The zero-order valence-corrected chi connectivity index (χ0v) is 19.2. The molecule has 0 saturated heterocycles. The Morgan fingerprint density at radius 1 is 1.21 bits per heavy atom. The van der Waals surface area contributed by atoms with E-state index in [2.05, 4.69) is 15.5 Å². The summed E-state index contributed by atoms with van der Waals surface area (Å²) in [5.74, 6) is 0.0223. The molecule has 4 rings (SSSR count). The standard InChI is InChI=1S/C22H15ClN4O4S2/c23-15-6-8-16(9-7-15)31-13-21(28)26-24-12-14-5-10-20(18(11-14)27(29)30)33-22-25-17-3-1-2-4-19(17)32-22/h1-12H,13H2,(H,26,28)/b24-12-. The van der Waals surface area contributed by atoms with Crippen LogP contribution in [0.2, 0.25) is 5.02 Å². The van der Waals surface area contributed by atoms with Gasteiger partial charge in [-0.3, -0.25) is 14.9 Å². The number of carbonyl (C=O) groups excluding carboxylic acids is 1. The summed E-state index contributed by atoms with van der Waals surface area (Å²) in [6.45, 7) is -0.239. The fourth-order valence-corrected chi connectivity index (χ4v) is 4.96. The monoisotopic (exact) mass is 498 g/mol. The molecule has 3 aromatic carbocycles. The lowest BCUT2D eigenvalue weighted by Crippen LogP contribution is -2.24. The van der Waals surface area contributed by atoms with E-state index in [4.69, 9.17) is 16.3 Å². The molecule has 166 valence electrons. The second-order valence-corrected chi connectivity index (χ2v) is 9.33. The van der Waals surface area contributed by atoms with Crippen molar-refractivity contribution in [2.75, 3.05) is 6.61 Å². The molecule has 4 aromatic rings. The molecular formula is C22H15ClN4O4S2. The smallest absolute Gasteiger partial charge is 0.283 e. The summed E-state index contributed by atoms with van der Waals surface area (Å²) in [6.07, 6.45) is 1.33. The molecule has 0 aliphatic carbocycles. The van der Waals surface area contributed by atoms with Gasteiger partial charge in [-0.2, -0.15) is 5.10 Å². The highest BCUT2D eigenvalue weighted by Crippen LogP contribution is 2.38. The van der Waals surface area contributed by atoms with Crippen LogP contribution in [0.4, 0.5) is 5.69 Å². The first-order chi connectivity index (χ1) is 16.0. The number of nitrogens with zero attached hydrogens (tertiary/aromatic N) is 3. The van der Waals surface area contributed by atoms with Crippen molar-refractivity contribution in [2.24, 2.45) is 5.10 Å². The average Bonchev–Trinajstić information content (AvgIpc) is 3.22. The summed E-state index contributed by atoms with van der Waals surface area (Å²) in [5, 5.41) is 16.0. The Hall–Kier alpha value is -3.47. The molecule has 0 aliphatic heterocycles. The van der Waals surface area contributed by atoms with Crippen molar-refractivity contribution in [3.8, 4) is 5.75 Å². The van der Waals surface area contributed by atoms with Crippen molar-refractivity contribution in [3.05, 3.63) is 87.4 Å². The Morgan fingerprint density at radius 3 is 2.76 bits per heavy atom. The SMILES string of the molecule is O=C(COc1ccc(Cl)cc1)N/N=C\c1ccc(Sc2nc3ccccc3s2)c([N+](=O)[O-])c1. The van der Waals surface area contributed by atoms with E-state index in [1.807, 2.05) is 24.3 Å². The summed E-state index contributed by atoms with van der Waals surface area (Å²) in [5.41, 5.74) is 3.58. The van der Waals surface area contributed by atoms with E-state index >= 15 is 0 Å². The molecule has 0 atom stereocenters. The number of hydrogen-bond donors (Lipinski definition) is 1. The van der Waals surface area contributed by atoms with Gasteiger partial charge in [0.1, 0.15) is 5.75 Å². The maximum Gasteiger partial charge on any atom is 0.283 e. The van der Waals surface area contributed by atoms with Crippen molar-refractivity contribution in [1.82, 2.24) is 10.4 Å². The lowest BCUT2D eigenvalue weighted by molar-refractivity contribution is -0.387. The van der Waals surface area contributed by atoms with Gasteiger partial charge in [0.15, 0.2) is 10.9 Å². The van der Waals surface area contributed by atoms with Crippen LogP contribution in [0.1, 0.15) is 5.56 Å². The van der Waals surface area contributed by atoms with Gasteiger partial charge < -0.3 is 4.74 Å². The van der Waals surface area contributed by atoms with Crippen LogP contribution in [-0.2, 0) is 4.79 Å². The summed E-state index contributed by atoms with van der Waals surface area (Å²) in [7, 11) is 0. The summed E-state index contributed by atoms with van der Waals surface area (Å²) < 4.78 is 7.06. The van der Waals surface area contributed by atoms with Crippen molar-refractivity contribution < 1.29 is 14.5 Å². The van der Waals surface area contributed by atoms with Gasteiger partial charge in [-0.05, 0) is 42.5 Å². The third-order valence-corrected chi connectivity index (χ3v) is 6.65. The Morgan fingerprint density at radius 2 is 2.00 bits per heavy atom. The van der Waals surface area contributed by atoms with Crippen LogP contribution in [-0.4, -0.2) is 28.6 Å². The van der Waals surface area contributed by atoms with Crippen molar-refractivity contribution >= 4 is 62.7 Å². The second kappa shape index (κ2) is 10.4. The fourth-order valence-electron chi connectivity index (χ4n) is 2.72. The molecule has 0 fully saturated rings. The Kier molecular flexibility index (Phi) is 7.18. The number of nitrogens with one attached hydrogen (secondary N) is 1. The van der Waals surface area contributed by atoms with Crippen LogP contribution in [0.3, 0.4) is 0 Å². The van der Waals surface area contributed by atoms with E-state index in [9.17, 15) is 14.9 Å². The number of amides is 1. The maximum absolute atomic E-state index is 11.9. The van der Waals surface area contributed by atoms with Crippen LogP contribution >= 0.6 is 34.7 Å². The van der Waals surface area contributed by atoms with Gasteiger partial charge in [-0.1, -0.05) is 41.6 Å². The van der Waals surface area contributed by atoms with E-state index in [-0.39, 0.29) is 12.3 Å². The van der Waals surface area contributed by atoms with Crippen LogP contribution in [0.5, 0.6) is 5.75 Å². The molecule has 0 bridgehead atoms. The normalized spacial score (nSPS) is 11.1. The third-order valence-electron chi connectivity index (χ3n) is 4.24. The van der Waals surface area contributed by atoms with E-state index < -0.39 is 10.8 Å². The number of nitro groups is 1. The molecule has 1 aromatic heterocycles. The van der Waals surface area contributed by atoms with E-state index in [0.717, 1.165) is 10.2 Å². The third kappa shape index (κ3) is 6.07. The number of para-hydroxylation sites is 1. The minimum absolute atomic E-state index is 0.0689.